The molecule has 1 N–H and O–H groups in total. The molecule has 0 amide bonds. The van der Waals surface area contributed by atoms with E-state index in [1.54, 1.807) is 31.4 Å². The zero-order valence-corrected chi connectivity index (χ0v) is 16.3. The largest absolute Gasteiger partial charge is 0.496 e. The van der Waals surface area contributed by atoms with E-state index in [9.17, 15) is 9.90 Å². The molecule has 0 saturated heterocycles. The molecule has 1 unspecified atom stereocenters. The maximum absolute atomic E-state index is 11.4. The number of carbonyl (C=O) groups excluding carboxylic acids is 1. The molecule has 0 aliphatic rings. The SMILES string of the molecule is COC(=O)/C=C/c1cccn1-c1ccc(Cl)cc1C(O)c1ccccc1OC. The Hall–Kier alpha value is -3.02. The van der Waals surface area contributed by atoms with Crippen LogP contribution in [0.4, 0.5) is 0 Å². The maximum atomic E-state index is 11.4. The number of rotatable bonds is 6. The van der Waals surface area contributed by atoms with Crippen LogP contribution in [-0.4, -0.2) is 29.9 Å². The zero-order chi connectivity index (χ0) is 20.1. The third kappa shape index (κ3) is 4.11. The van der Waals surface area contributed by atoms with Gasteiger partial charge >= 0.3 is 5.97 Å². The summed E-state index contributed by atoms with van der Waals surface area (Å²) in [6.07, 6.45) is 3.89. The van der Waals surface area contributed by atoms with Gasteiger partial charge in [0.1, 0.15) is 11.9 Å². The Morgan fingerprint density at radius 2 is 1.89 bits per heavy atom. The highest BCUT2D eigenvalue weighted by molar-refractivity contribution is 6.30. The standard InChI is InChI=1S/C22H20ClNO4/c1-27-20-8-4-3-7-17(20)22(26)18-14-15(23)9-11-19(18)24-13-5-6-16(24)10-12-21(25)28-2/h3-14,22,26H,1-2H3/b12-10+. The summed E-state index contributed by atoms with van der Waals surface area (Å²) in [4.78, 5) is 11.4. The number of hydrogen-bond donors (Lipinski definition) is 1. The van der Waals surface area contributed by atoms with Crippen LogP contribution in [0.1, 0.15) is 22.9 Å². The van der Waals surface area contributed by atoms with Crippen molar-refractivity contribution in [1.29, 1.82) is 0 Å². The average Bonchev–Trinajstić information content (AvgIpc) is 3.19. The van der Waals surface area contributed by atoms with Gasteiger partial charge in [-0.05, 0) is 42.5 Å². The fourth-order valence-corrected chi connectivity index (χ4v) is 3.17. The van der Waals surface area contributed by atoms with Crippen LogP contribution in [0.5, 0.6) is 5.75 Å². The predicted octanol–water partition coefficient (Wildman–Crippen LogP) is 4.41. The van der Waals surface area contributed by atoms with Crippen LogP contribution < -0.4 is 4.74 Å². The van der Waals surface area contributed by atoms with Crippen LogP contribution in [-0.2, 0) is 9.53 Å². The first-order valence-corrected chi connectivity index (χ1v) is 8.97. The van der Waals surface area contributed by atoms with Gasteiger partial charge in [0.2, 0.25) is 0 Å². The Labute approximate surface area is 168 Å². The highest BCUT2D eigenvalue weighted by Crippen LogP contribution is 2.35. The number of halogens is 1. The van der Waals surface area contributed by atoms with Gasteiger partial charge in [-0.25, -0.2) is 4.79 Å². The molecule has 0 fully saturated rings. The first kappa shape index (κ1) is 19.7. The number of aliphatic hydroxyl groups excluding tert-OH is 1. The number of carbonyl (C=O) groups is 1. The molecule has 0 aliphatic heterocycles. The van der Waals surface area contributed by atoms with Crippen LogP contribution >= 0.6 is 11.6 Å². The van der Waals surface area contributed by atoms with Gasteiger partial charge in [0.25, 0.3) is 0 Å². The molecule has 0 spiro atoms. The summed E-state index contributed by atoms with van der Waals surface area (Å²) in [5, 5.41) is 11.6. The van der Waals surface area contributed by atoms with Crippen molar-refractivity contribution < 1.29 is 19.4 Å². The van der Waals surface area contributed by atoms with Gasteiger partial charge in [0.15, 0.2) is 0 Å². The number of ether oxygens (including phenoxy) is 2. The molecule has 0 bridgehead atoms. The van der Waals surface area contributed by atoms with E-state index >= 15 is 0 Å². The van der Waals surface area contributed by atoms with Crippen LogP contribution in [0.25, 0.3) is 11.8 Å². The first-order chi connectivity index (χ1) is 13.5. The summed E-state index contributed by atoms with van der Waals surface area (Å²) in [5.41, 5.74) is 2.73. The second kappa shape index (κ2) is 8.78. The molecule has 0 radical (unpaired) electrons. The molecular formula is C22H20ClNO4. The van der Waals surface area contributed by atoms with Crippen molar-refractivity contribution in [3.63, 3.8) is 0 Å². The molecule has 1 atom stereocenters. The predicted molar refractivity (Wildman–Crippen MR) is 109 cm³/mol. The highest BCUT2D eigenvalue weighted by atomic mass is 35.5. The number of benzene rings is 2. The van der Waals surface area contributed by atoms with E-state index in [1.807, 2.05) is 47.2 Å². The molecule has 2 aromatic carbocycles. The second-order valence-electron chi connectivity index (χ2n) is 6.01. The smallest absolute Gasteiger partial charge is 0.330 e. The third-order valence-electron chi connectivity index (χ3n) is 4.35. The third-order valence-corrected chi connectivity index (χ3v) is 4.58. The van der Waals surface area contributed by atoms with E-state index in [1.165, 1.54) is 13.2 Å². The Morgan fingerprint density at radius 3 is 2.64 bits per heavy atom. The summed E-state index contributed by atoms with van der Waals surface area (Å²) in [6.45, 7) is 0. The number of aromatic nitrogens is 1. The summed E-state index contributed by atoms with van der Waals surface area (Å²) in [6, 6.07) is 16.3. The number of hydrogen-bond acceptors (Lipinski definition) is 4. The van der Waals surface area contributed by atoms with E-state index in [2.05, 4.69) is 4.74 Å². The normalized spacial score (nSPS) is 12.1. The molecule has 1 heterocycles. The molecule has 3 rings (SSSR count). The second-order valence-corrected chi connectivity index (χ2v) is 6.44. The number of methoxy groups -OCH3 is 2. The Bertz CT molecular complexity index is 1010. The van der Waals surface area contributed by atoms with Crippen molar-refractivity contribution in [1.82, 2.24) is 4.57 Å². The Balaban J connectivity index is 2.09. The molecule has 28 heavy (non-hydrogen) atoms. The number of esters is 1. The lowest BCUT2D eigenvalue weighted by Crippen LogP contribution is -2.08. The van der Waals surface area contributed by atoms with Crippen LogP contribution in [0.3, 0.4) is 0 Å². The van der Waals surface area contributed by atoms with Gasteiger partial charge in [-0.3, -0.25) is 0 Å². The average molecular weight is 398 g/mol. The van der Waals surface area contributed by atoms with Crippen LogP contribution in [0.2, 0.25) is 5.02 Å². The van der Waals surface area contributed by atoms with Crippen molar-refractivity contribution in [3.05, 3.63) is 88.7 Å². The minimum atomic E-state index is -0.954. The van der Waals surface area contributed by atoms with Gasteiger partial charge in [-0.15, -0.1) is 0 Å². The van der Waals surface area contributed by atoms with E-state index < -0.39 is 12.1 Å². The van der Waals surface area contributed by atoms with Gasteiger partial charge < -0.3 is 19.1 Å². The summed E-state index contributed by atoms with van der Waals surface area (Å²) >= 11 is 6.22. The molecule has 3 aromatic rings. The van der Waals surface area contributed by atoms with Crippen molar-refractivity contribution >= 4 is 23.6 Å². The lowest BCUT2D eigenvalue weighted by molar-refractivity contribution is -0.134. The first-order valence-electron chi connectivity index (χ1n) is 8.59. The lowest BCUT2D eigenvalue weighted by Gasteiger charge is -2.20. The van der Waals surface area contributed by atoms with Crippen molar-refractivity contribution in [2.24, 2.45) is 0 Å². The fraction of sp³-hybridized carbons (Fsp3) is 0.136. The lowest BCUT2D eigenvalue weighted by atomic mass is 9.98. The molecule has 6 heteroatoms. The van der Waals surface area contributed by atoms with Crippen molar-refractivity contribution in [3.8, 4) is 11.4 Å². The molecule has 0 aliphatic carbocycles. The van der Waals surface area contributed by atoms with Crippen LogP contribution in [0.15, 0.2) is 66.9 Å². The summed E-state index contributed by atoms with van der Waals surface area (Å²) in [7, 11) is 2.89. The maximum Gasteiger partial charge on any atom is 0.330 e. The van der Waals surface area contributed by atoms with Crippen molar-refractivity contribution in [2.75, 3.05) is 14.2 Å². The van der Waals surface area contributed by atoms with Gasteiger partial charge in [-0.2, -0.15) is 0 Å². The topological polar surface area (TPSA) is 60.7 Å². The molecule has 1 aromatic heterocycles. The van der Waals surface area contributed by atoms with Crippen molar-refractivity contribution in [2.45, 2.75) is 6.10 Å². The zero-order valence-electron chi connectivity index (χ0n) is 15.5. The number of nitrogens with zero attached hydrogens (tertiary/aromatic N) is 1. The molecule has 5 nitrogen and oxygen atoms in total. The molecular weight excluding hydrogens is 378 g/mol. The van der Waals surface area contributed by atoms with E-state index in [-0.39, 0.29) is 0 Å². The molecule has 144 valence electrons. The Morgan fingerprint density at radius 1 is 1.11 bits per heavy atom. The van der Waals surface area contributed by atoms with Crippen LogP contribution in [0, 0.1) is 0 Å². The van der Waals surface area contributed by atoms with E-state index in [0.717, 1.165) is 11.4 Å². The number of para-hydroxylation sites is 1. The van der Waals surface area contributed by atoms with Gasteiger partial charge in [-0.1, -0.05) is 29.8 Å². The monoisotopic (exact) mass is 397 g/mol. The van der Waals surface area contributed by atoms with E-state index in [4.69, 9.17) is 16.3 Å². The minimum absolute atomic E-state index is 0.446. The summed E-state index contributed by atoms with van der Waals surface area (Å²) < 4.78 is 11.9. The minimum Gasteiger partial charge on any atom is -0.496 e. The number of aliphatic hydroxyl groups is 1. The highest BCUT2D eigenvalue weighted by Gasteiger charge is 2.20. The fourth-order valence-electron chi connectivity index (χ4n) is 2.99. The Kier molecular flexibility index (Phi) is 6.19. The summed E-state index contributed by atoms with van der Waals surface area (Å²) in [5.74, 6) is 0.136. The molecule has 0 saturated carbocycles. The van der Waals surface area contributed by atoms with Gasteiger partial charge in [0.05, 0.1) is 19.9 Å². The quantitative estimate of drug-likeness (QED) is 0.494. The van der Waals surface area contributed by atoms with E-state index in [0.29, 0.717) is 21.9 Å². The van der Waals surface area contributed by atoms with Gasteiger partial charge in [0, 0.05) is 34.1 Å².